The van der Waals surface area contributed by atoms with Gasteiger partial charge in [-0.2, -0.15) is 5.26 Å². The highest BCUT2D eigenvalue weighted by molar-refractivity contribution is 8.18. The van der Waals surface area contributed by atoms with E-state index >= 15 is 0 Å². The normalized spacial score (nSPS) is 14.3. The molecular formula is C29H19F3N4O3S. The number of carbonyl (C=O) groups excluding carboxylic acids is 3. The molecule has 40 heavy (non-hydrogen) atoms. The first-order chi connectivity index (χ1) is 19.2. The number of hydrogen-bond acceptors (Lipinski definition) is 5. The van der Waals surface area contributed by atoms with E-state index in [1.54, 1.807) is 18.2 Å². The van der Waals surface area contributed by atoms with Crippen molar-refractivity contribution in [2.45, 2.75) is 13.5 Å². The van der Waals surface area contributed by atoms with Crippen LogP contribution in [0.5, 0.6) is 0 Å². The number of nitriles is 1. The number of hydrogen-bond donors (Lipinski definition) is 1. The molecule has 0 saturated carbocycles. The van der Waals surface area contributed by atoms with Crippen molar-refractivity contribution < 1.29 is 27.6 Å². The lowest BCUT2D eigenvalue weighted by molar-refractivity contribution is -0.127. The van der Waals surface area contributed by atoms with Gasteiger partial charge in [0.2, 0.25) is 5.91 Å². The molecule has 3 aromatic carbocycles. The van der Waals surface area contributed by atoms with Crippen LogP contribution in [0.3, 0.4) is 0 Å². The van der Waals surface area contributed by atoms with Gasteiger partial charge in [0.15, 0.2) is 17.5 Å². The van der Waals surface area contributed by atoms with E-state index in [0.717, 1.165) is 28.2 Å². The number of anilines is 1. The number of nitrogens with zero attached hydrogens (tertiary/aromatic N) is 3. The second-order valence-corrected chi connectivity index (χ2v) is 9.90. The molecule has 0 unspecified atom stereocenters. The number of fused-ring (bicyclic) bond motifs is 1. The van der Waals surface area contributed by atoms with Crippen molar-refractivity contribution >= 4 is 51.5 Å². The highest BCUT2D eigenvalue weighted by Crippen LogP contribution is 2.36. The van der Waals surface area contributed by atoms with Crippen molar-refractivity contribution in [2.24, 2.45) is 0 Å². The lowest BCUT2D eigenvalue weighted by Crippen LogP contribution is -2.36. The SMILES string of the molecule is Cc1c(/C=C2\SC(=O)N(CC(=O)Nc3ccc(F)c(F)c3F)C2=O)c2ccccc2n1Cc1ccccc1C#N. The van der Waals surface area contributed by atoms with Crippen molar-refractivity contribution in [1.82, 2.24) is 9.47 Å². The number of thioether (sulfide) groups is 1. The average molecular weight is 561 g/mol. The van der Waals surface area contributed by atoms with Crippen molar-refractivity contribution in [1.29, 1.82) is 5.26 Å². The molecule has 200 valence electrons. The van der Waals surface area contributed by atoms with Crippen LogP contribution in [0.1, 0.15) is 22.4 Å². The number of carbonyl (C=O) groups is 3. The van der Waals surface area contributed by atoms with Crippen molar-refractivity contribution in [2.75, 3.05) is 11.9 Å². The molecule has 0 spiro atoms. The molecule has 3 amide bonds. The number of imide groups is 1. The molecule has 7 nitrogen and oxygen atoms in total. The van der Waals surface area contributed by atoms with Crippen molar-refractivity contribution in [3.63, 3.8) is 0 Å². The van der Waals surface area contributed by atoms with Crippen LogP contribution in [0, 0.1) is 35.7 Å². The van der Waals surface area contributed by atoms with E-state index < -0.39 is 46.7 Å². The number of benzene rings is 3. The largest absolute Gasteiger partial charge is 0.340 e. The minimum atomic E-state index is -1.75. The third-order valence-electron chi connectivity index (χ3n) is 6.51. The van der Waals surface area contributed by atoms with Gasteiger partial charge in [0.05, 0.1) is 22.2 Å². The third-order valence-corrected chi connectivity index (χ3v) is 7.41. The minimum absolute atomic E-state index is 0.0836. The maximum atomic E-state index is 13.9. The third kappa shape index (κ3) is 4.85. The van der Waals surface area contributed by atoms with Crippen LogP contribution < -0.4 is 5.32 Å². The zero-order chi connectivity index (χ0) is 28.6. The fraction of sp³-hybridized carbons (Fsp3) is 0.103. The topological polar surface area (TPSA) is 95.2 Å². The number of nitrogens with one attached hydrogen (secondary N) is 1. The van der Waals surface area contributed by atoms with Crippen LogP contribution in [0.15, 0.2) is 65.6 Å². The summed E-state index contributed by atoms with van der Waals surface area (Å²) in [6, 6.07) is 18.5. The summed E-state index contributed by atoms with van der Waals surface area (Å²) in [4.78, 5) is 39.0. The molecule has 11 heteroatoms. The molecule has 0 atom stereocenters. The van der Waals surface area contributed by atoms with Crippen LogP contribution in [0.4, 0.5) is 23.7 Å². The smallest absolute Gasteiger partial charge is 0.294 e. The lowest BCUT2D eigenvalue weighted by Gasteiger charge is -2.13. The van der Waals surface area contributed by atoms with Gasteiger partial charge < -0.3 is 9.88 Å². The first-order valence-corrected chi connectivity index (χ1v) is 12.8. The zero-order valence-electron chi connectivity index (χ0n) is 20.9. The standard InChI is InChI=1S/C29H19F3N4O3S/c1-16-20(19-8-4-5-9-23(19)35(16)14-18-7-3-2-6-17(18)13-33)12-24-28(38)36(29(39)40-24)15-25(37)34-22-11-10-21(30)26(31)27(22)32/h2-12H,14-15H2,1H3,(H,34,37)/b24-12-. The first-order valence-electron chi connectivity index (χ1n) is 11.9. The van der Waals surface area contributed by atoms with Gasteiger partial charge in [-0.15, -0.1) is 0 Å². The fourth-order valence-corrected chi connectivity index (χ4v) is 5.32. The van der Waals surface area contributed by atoms with Crippen molar-refractivity contribution in [3.05, 3.63) is 105 Å². The number of para-hydroxylation sites is 1. The summed E-state index contributed by atoms with van der Waals surface area (Å²) in [6.45, 7) is 1.53. The second kappa shape index (κ2) is 10.7. The first kappa shape index (κ1) is 26.8. The summed E-state index contributed by atoms with van der Waals surface area (Å²) in [6.07, 6.45) is 1.59. The van der Waals surface area contributed by atoms with E-state index in [4.69, 9.17) is 0 Å². The van der Waals surface area contributed by atoms with Crippen LogP contribution in [0.25, 0.3) is 17.0 Å². The molecule has 1 saturated heterocycles. The van der Waals surface area contributed by atoms with Crippen LogP contribution in [-0.2, 0) is 16.1 Å². The van der Waals surface area contributed by atoms with Crippen LogP contribution in [-0.4, -0.2) is 33.1 Å². The maximum absolute atomic E-state index is 13.9. The summed E-state index contributed by atoms with van der Waals surface area (Å²) in [5, 5.41) is 11.7. The summed E-state index contributed by atoms with van der Waals surface area (Å²) < 4.78 is 42.6. The monoisotopic (exact) mass is 560 g/mol. The van der Waals surface area contributed by atoms with Gasteiger partial charge in [0, 0.05) is 28.7 Å². The Bertz CT molecular complexity index is 1790. The molecule has 2 heterocycles. The molecule has 0 aliphatic carbocycles. The van der Waals surface area contributed by atoms with E-state index in [1.165, 1.54) is 0 Å². The molecule has 1 fully saturated rings. The maximum Gasteiger partial charge on any atom is 0.294 e. The van der Waals surface area contributed by atoms with Gasteiger partial charge in [-0.25, -0.2) is 13.2 Å². The average Bonchev–Trinajstić information content (AvgIpc) is 3.36. The van der Waals surface area contributed by atoms with Gasteiger partial charge >= 0.3 is 0 Å². The fourth-order valence-electron chi connectivity index (χ4n) is 4.50. The number of halogens is 3. The highest BCUT2D eigenvalue weighted by atomic mass is 32.2. The van der Waals surface area contributed by atoms with Crippen molar-refractivity contribution in [3.8, 4) is 6.07 Å². The molecule has 4 aromatic rings. The Morgan fingerprint density at radius 3 is 2.52 bits per heavy atom. The molecular weight excluding hydrogens is 541 g/mol. The Balaban J connectivity index is 1.42. The number of amides is 3. The predicted molar refractivity (Wildman–Crippen MR) is 145 cm³/mol. The van der Waals surface area contributed by atoms with E-state index in [9.17, 15) is 32.8 Å². The minimum Gasteiger partial charge on any atom is -0.340 e. The van der Waals surface area contributed by atoms with Gasteiger partial charge in [-0.3, -0.25) is 19.3 Å². The van der Waals surface area contributed by atoms with Gasteiger partial charge in [0.25, 0.3) is 11.1 Å². The second-order valence-electron chi connectivity index (χ2n) is 8.91. The summed E-state index contributed by atoms with van der Waals surface area (Å²) in [7, 11) is 0. The van der Waals surface area contributed by atoms with E-state index in [2.05, 4.69) is 11.4 Å². The Hall–Kier alpha value is -4.82. The Kier molecular flexibility index (Phi) is 7.19. The number of rotatable bonds is 6. The van der Waals surface area contributed by atoms with E-state index in [0.29, 0.717) is 40.4 Å². The zero-order valence-corrected chi connectivity index (χ0v) is 21.7. The molecule has 1 aliphatic rings. The molecule has 5 rings (SSSR count). The number of aromatic nitrogens is 1. The quantitative estimate of drug-likeness (QED) is 0.232. The summed E-state index contributed by atoms with van der Waals surface area (Å²) >= 11 is 0.652. The van der Waals surface area contributed by atoms with Gasteiger partial charge in [0.1, 0.15) is 6.54 Å². The molecule has 0 bridgehead atoms. The predicted octanol–water partition coefficient (Wildman–Crippen LogP) is 5.96. The molecule has 1 N–H and O–H groups in total. The lowest BCUT2D eigenvalue weighted by atomic mass is 10.1. The Morgan fingerprint density at radius 1 is 1.02 bits per heavy atom. The Labute approximate surface area is 230 Å². The van der Waals surface area contributed by atoms with Crippen LogP contribution >= 0.6 is 11.8 Å². The highest BCUT2D eigenvalue weighted by Gasteiger charge is 2.37. The Morgan fingerprint density at radius 2 is 1.75 bits per heavy atom. The molecule has 0 radical (unpaired) electrons. The van der Waals surface area contributed by atoms with E-state index in [-0.39, 0.29) is 4.91 Å². The van der Waals surface area contributed by atoms with Crippen LogP contribution in [0.2, 0.25) is 0 Å². The molecule has 1 aliphatic heterocycles. The summed E-state index contributed by atoms with van der Waals surface area (Å²) in [5.74, 6) is -6.44. The van der Waals surface area contributed by atoms with Gasteiger partial charge in [-0.05, 0) is 54.6 Å². The summed E-state index contributed by atoms with van der Waals surface area (Å²) in [5.41, 5.74) is 3.11. The molecule has 1 aromatic heterocycles. The van der Waals surface area contributed by atoms with E-state index in [1.807, 2.05) is 47.9 Å². The van der Waals surface area contributed by atoms with Gasteiger partial charge in [-0.1, -0.05) is 36.4 Å².